The Labute approximate surface area is 178 Å². The predicted octanol–water partition coefficient (Wildman–Crippen LogP) is 5.43. The van der Waals surface area contributed by atoms with E-state index in [4.69, 9.17) is 26.3 Å². The molecular formula is C22H23ClF3NO3. The van der Waals surface area contributed by atoms with Crippen LogP contribution in [0.15, 0.2) is 36.4 Å². The SMILES string of the molecule is COc1cc(OC)cc(C(C)(C)CC(O)(Cc2ccc(C#N)cc2Cl)C(F)(F)F)c1. The summed E-state index contributed by atoms with van der Waals surface area (Å²) in [7, 11) is 2.90. The molecule has 2 aromatic carbocycles. The largest absolute Gasteiger partial charge is 0.497 e. The van der Waals surface area contributed by atoms with Crippen molar-refractivity contribution in [3.8, 4) is 17.6 Å². The summed E-state index contributed by atoms with van der Waals surface area (Å²) in [6.07, 6.45) is -6.29. The number of aliphatic hydroxyl groups is 1. The Morgan fingerprint density at radius 3 is 2.03 bits per heavy atom. The van der Waals surface area contributed by atoms with Crippen LogP contribution in [-0.2, 0) is 11.8 Å². The van der Waals surface area contributed by atoms with Crippen molar-refractivity contribution in [3.05, 3.63) is 58.1 Å². The summed E-state index contributed by atoms with van der Waals surface area (Å²) >= 11 is 6.07. The second-order valence-corrected chi connectivity index (χ2v) is 8.19. The summed E-state index contributed by atoms with van der Waals surface area (Å²) in [4.78, 5) is 0. The standard InChI is InChI=1S/C22H23ClF3NO3/c1-20(2,16-8-17(29-3)10-18(9-16)30-4)13-21(28,22(24,25)26)11-15-6-5-14(12-27)7-19(15)23/h5-10,28H,11,13H2,1-4H3. The van der Waals surface area contributed by atoms with E-state index in [1.165, 1.54) is 32.4 Å². The van der Waals surface area contributed by atoms with Gasteiger partial charge in [0.05, 0.1) is 25.9 Å². The highest BCUT2D eigenvalue weighted by molar-refractivity contribution is 6.31. The number of hydrogen-bond acceptors (Lipinski definition) is 4. The van der Waals surface area contributed by atoms with Crippen LogP contribution in [-0.4, -0.2) is 31.1 Å². The van der Waals surface area contributed by atoms with Gasteiger partial charge >= 0.3 is 6.18 Å². The second-order valence-electron chi connectivity index (χ2n) is 7.79. The van der Waals surface area contributed by atoms with Gasteiger partial charge in [-0.05, 0) is 47.2 Å². The van der Waals surface area contributed by atoms with E-state index in [9.17, 15) is 18.3 Å². The quantitative estimate of drug-likeness (QED) is 0.622. The molecule has 1 atom stereocenters. The summed E-state index contributed by atoms with van der Waals surface area (Å²) < 4.78 is 52.5. The summed E-state index contributed by atoms with van der Waals surface area (Å²) in [6, 6.07) is 10.7. The molecule has 2 aromatic rings. The Balaban J connectivity index is 2.46. The van der Waals surface area contributed by atoms with Gasteiger partial charge in [0, 0.05) is 17.5 Å². The first kappa shape index (κ1) is 23.8. The molecule has 0 bridgehead atoms. The number of halogens is 4. The smallest absolute Gasteiger partial charge is 0.417 e. The van der Waals surface area contributed by atoms with Gasteiger partial charge in [0.15, 0.2) is 5.60 Å². The summed E-state index contributed by atoms with van der Waals surface area (Å²) in [5, 5.41) is 19.7. The van der Waals surface area contributed by atoms with Crippen molar-refractivity contribution in [2.75, 3.05) is 14.2 Å². The minimum atomic E-state index is -4.91. The van der Waals surface area contributed by atoms with E-state index in [1.54, 1.807) is 32.0 Å². The summed E-state index contributed by atoms with van der Waals surface area (Å²) in [5.74, 6) is 0.867. The van der Waals surface area contributed by atoms with Crippen LogP contribution in [0.5, 0.6) is 11.5 Å². The fraction of sp³-hybridized carbons (Fsp3) is 0.409. The first-order valence-electron chi connectivity index (χ1n) is 9.06. The van der Waals surface area contributed by atoms with Crippen LogP contribution >= 0.6 is 11.6 Å². The monoisotopic (exact) mass is 441 g/mol. The fourth-order valence-corrected chi connectivity index (χ4v) is 3.62. The molecular weight excluding hydrogens is 419 g/mol. The summed E-state index contributed by atoms with van der Waals surface area (Å²) in [5.41, 5.74) is -3.29. The first-order chi connectivity index (χ1) is 13.8. The van der Waals surface area contributed by atoms with Crippen LogP contribution in [0.2, 0.25) is 5.02 Å². The predicted molar refractivity (Wildman–Crippen MR) is 108 cm³/mol. The lowest BCUT2D eigenvalue weighted by molar-refractivity contribution is -0.266. The molecule has 0 aliphatic carbocycles. The maximum Gasteiger partial charge on any atom is 0.417 e. The zero-order chi connectivity index (χ0) is 22.7. The Bertz CT molecular complexity index is 931. The molecule has 0 amide bonds. The van der Waals surface area contributed by atoms with Crippen molar-refractivity contribution in [2.24, 2.45) is 0 Å². The van der Waals surface area contributed by atoms with Gasteiger partial charge in [-0.1, -0.05) is 31.5 Å². The topological polar surface area (TPSA) is 62.5 Å². The normalized spacial score (nSPS) is 14.0. The van der Waals surface area contributed by atoms with Crippen LogP contribution in [0.1, 0.15) is 37.0 Å². The molecule has 0 saturated carbocycles. The van der Waals surface area contributed by atoms with Crippen molar-refractivity contribution in [1.29, 1.82) is 5.26 Å². The van der Waals surface area contributed by atoms with E-state index in [-0.39, 0.29) is 16.1 Å². The van der Waals surface area contributed by atoms with Gasteiger partial charge < -0.3 is 14.6 Å². The molecule has 0 aromatic heterocycles. The lowest BCUT2D eigenvalue weighted by Crippen LogP contribution is -2.50. The Morgan fingerprint density at radius 1 is 1.03 bits per heavy atom. The number of hydrogen-bond donors (Lipinski definition) is 1. The van der Waals surface area contributed by atoms with E-state index in [2.05, 4.69) is 0 Å². The molecule has 2 rings (SSSR count). The minimum absolute atomic E-state index is 0.00224. The van der Waals surface area contributed by atoms with Crippen molar-refractivity contribution in [1.82, 2.24) is 0 Å². The second kappa shape index (κ2) is 8.75. The third-order valence-electron chi connectivity index (χ3n) is 5.06. The molecule has 0 radical (unpaired) electrons. The minimum Gasteiger partial charge on any atom is -0.497 e. The highest BCUT2D eigenvalue weighted by Crippen LogP contribution is 2.44. The fourth-order valence-electron chi connectivity index (χ4n) is 3.37. The van der Waals surface area contributed by atoms with Crippen LogP contribution in [0.25, 0.3) is 0 Å². The van der Waals surface area contributed by atoms with Crippen molar-refractivity contribution < 1.29 is 27.8 Å². The van der Waals surface area contributed by atoms with Crippen LogP contribution in [0, 0.1) is 11.3 Å². The van der Waals surface area contributed by atoms with Gasteiger partial charge in [-0.25, -0.2) is 0 Å². The van der Waals surface area contributed by atoms with E-state index in [0.717, 1.165) is 0 Å². The molecule has 0 fully saturated rings. The Morgan fingerprint density at radius 2 is 1.60 bits per heavy atom. The number of methoxy groups -OCH3 is 2. The Kier molecular flexibility index (Phi) is 6.95. The lowest BCUT2D eigenvalue weighted by Gasteiger charge is -2.38. The molecule has 0 spiro atoms. The van der Waals surface area contributed by atoms with Crippen LogP contribution in [0.3, 0.4) is 0 Å². The van der Waals surface area contributed by atoms with Crippen LogP contribution in [0.4, 0.5) is 13.2 Å². The maximum atomic E-state index is 14.0. The summed E-state index contributed by atoms with van der Waals surface area (Å²) in [6.45, 7) is 3.22. The number of benzene rings is 2. The molecule has 30 heavy (non-hydrogen) atoms. The molecule has 0 heterocycles. The van der Waals surface area contributed by atoms with Gasteiger partial charge in [-0.2, -0.15) is 18.4 Å². The van der Waals surface area contributed by atoms with Gasteiger partial charge in [-0.3, -0.25) is 0 Å². The van der Waals surface area contributed by atoms with Gasteiger partial charge in [0.25, 0.3) is 0 Å². The van der Waals surface area contributed by atoms with Crippen LogP contribution < -0.4 is 9.47 Å². The highest BCUT2D eigenvalue weighted by Gasteiger charge is 2.56. The molecule has 8 heteroatoms. The average molecular weight is 442 g/mol. The van der Waals surface area contributed by atoms with Crippen molar-refractivity contribution in [3.63, 3.8) is 0 Å². The molecule has 162 valence electrons. The number of rotatable bonds is 7. The molecule has 0 aliphatic heterocycles. The zero-order valence-electron chi connectivity index (χ0n) is 17.1. The third kappa shape index (κ3) is 5.18. The van der Waals surface area contributed by atoms with Crippen molar-refractivity contribution in [2.45, 2.75) is 43.9 Å². The molecule has 0 aliphatic rings. The maximum absolute atomic E-state index is 14.0. The lowest BCUT2D eigenvalue weighted by atomic mass is 9.73. The number of ether oxygens (including phenoxy) is 2. The van der Waals surface area contributed by atoms with Gasteiger partial charge in [0.1, 0.15) is 11.5 Å². The van der Waals surface area contributed by atoms with E-state index < -0.39 is 30.0 Å². The number of nitriles is 1. The molecule has 0 saturated heterocycles. The van der Waals surface area contributed by atoms with Gasteiger partial charge in [0.2, 0.25) is 0 Å². The molecule has 1 N–H and O–H groups in total. The Hall–Kier alpha value is -2.43. The van der Waals surface area contributed by atoms with E-state index in [0.29, 0.717) is 17.1 Å². The van der Waals surface area contributed by atoms with Crippen molar-refractivity contribution >= 4 is 11.6 Å². The van der Waals surface area contributed by atoms with Gasteiger partial charge in [-0.15, -0.1) is 0 Å². The van der Waals surface area contributed by atoms with E-state index in [1.807, 2.05) is 6.07 Å². The zero-order valence-corrected chi connectivity index (χ0v) is 17.9. The molecule has 4 nitrogen and oxygen atoms in total. The highest BCUT2D eigenvalue weighted by atomic mass is 35.5. The van der Waals surface area contributed by atoms with E-state index >= 15 is 0 Å². The average Bonchev–Trinajstić information content (AvgIpc) is 2.67. The molecule has 1 unspecified atom stereocenters. The first-order valence-corrected chi connectivity index (χ1v) is 9.44. The third-order valence-corrected chi connectivity index (χ3v) is 5.41. The number of alkyl halides is 3. The number of nitrogens with zero attached hydrogens (tertiary/aromatic N) is 1.